The summed E-state index contributed by atoms with van der Waals surface area (Å²) in [6.45, 7) is 7.02. The highest BCUT2D eigenvalue weighted by molar-refractivity contribution is 8.76. The molecule has 0 radical (unpaired) electrons. The number of fused-ring (bicyclic) bond motifs is 5. The van der Waals surface area contributed by atoms with Crippen LogP contribution in [0.2, 0.25) is 5.02 Å². The number of epoxide rings is 1. The van der Waals surface area contributed by atoms with Gasteiger partial charge in [-0.3, -0.25) is 14.9 Å². The van der Waals surface area contributed by atoms with Crippen LogP contribution in [-0.4, -0.2) is 116 Å². The summed E-state index contributed by atoms with van der Waals surface area (Å²) in [6, 6.07) is 2.63. The summed E-state index contributed by atoms with van der Waals surface area (Å²) in [7, 11) is 9.14. The zero-order valence-corrected chi connectivity index (χ0v) is 33.5. The monoisotopic (exact) mass is 783 g/mol. The number of carbonyl (C=O) groups excluding carboxylic acids is 4. The van der Waals surface area contributed by atoms with Gasteiger partial charge in [0.2, 0.25) is 11.8 Å². The second-order valence-electron chi connectivity index (χ2n) is 13.6. The van der Waals surface area contributed by atoms with Gasteiger partial charge in [0.1, 0.15) is 40.7 Å². The van der Waals surface area contributed by atoms with Gasteiger partial charge in [0, 0.05) is 45.7 Å². The lowest BCUT2D eigenvalue weighted by atomic mass is 9.83. The number of anilines is 1. The molecular formula is C36H50ClN3O10S2. The van der Waals surface area contributed by atoms with E-state index in [1.54, 1.807) is 73.7 Å². The molecule has 4 bridgehead atoms. The first-order chi connectivity index (χ1) is 24.5. The van der Waals surface area contributed by atoms with Crippen molar-refractivity contribution in [1.29, 1.82) is 0 Å². The van der Waals surface area contributed by atoms with Crippen LogP contribution in [-0.2, 0) is 39.8 Å². The van der Waals surface area contributed by atoms with Gasteiger partial charge in [0.05, 0.1) is 25.3 Å². The van der Waals surface area contributed by atoms with Crippen molar-refractivity contribution in [2.75, 3.05) is 45.2 Å². The third kappa shape index (κ3) is 9.40. The number of hydrogen-bond acceptors (Lipinski definition) is 12. The topological polar surface area (TPSA) is 156 Å². The molecule has 3 aliphatic rings. The van der Waals surface area contributed by atoms with Gasteiger partial charge < -0.3 is 38.6 Å². The van der Waals surface area contributed by atoms with Crippen molar-refractivity contribution in [3.8, 4) is 5.75 Å². The molecule has 0 aliphatic carbocycles. The summed E-state index contributed by atoms with van der Waals surface area (Å²) >= 11 is 6.75. The second kappa shape index (κ2) is 17.5. The number of hydrogen-bond donors (Lipinski definition) is 2. The SMILES string of the molecule is COc1cc2cc(c1Cl)N(C)C(=O)C[C@H](OC(=O)[C@H](C)N(C)C(=O)CCSSC)[C@]1(C)O[C@@H]1[C@H](C)[C@@H]1C[C@@](O)(NC(=O)O1)[C@H](OC)/C=C/C=C(\C)C2. The minimum atomic E-state index is -1.82. The van der Waals surface area contributed by atoms with Crippen molar-refractivity contribution in [3.63, 3.8) is 0 Å². The number of nitrogens with zero attached hydrogens (tertiary/aromatic N) is 2. The predicted octanol–water partition coefficient (Wildman–Crippen LogP) is 4.92. The Hall–Kier alpha value is -2.95. The van der Waals surface area contributed by atoms with Crippen LogP contribution < -0.4 is 15.0 Å². The van der Waals surface area contributed by atoms with Gasteiger partial charge in [-0.2, -0.15) is 0 Å². The van der Waals surface area contributed by atoms with Crippen LogP contribution in [0.3, 0.4) is 0 Å². The van der Waals surface area contributed by atoms with E-state index >= 15 is 0 Å². The lowest BCUT2D eigenvalue weighted by Gasteiger charge is -2.42. The van der Waals surface area contributed by atoms with Crippen LogP contribution in [0.1, 0.15) is 52.5 Å². The van der Waals surface area contributed by atoms with E-state index in [9.17, 15) is 24.3 Å². The Bertz CT molecular complexity index is 1580. The Balaban J connectivity index is 1.74. The smallest absolute Gasteiger partial charge is 0.409 e. The molecule has 16 heteroatoms. The number of nitrogens with one attached hydrogen (secondary N) is 1. The molecule has 0 aromatic heterocycles. The van der Waals surface area contributed by atoms with Crippen LogP contribution >= 0.6 is 33.2 Å². The van der Waals surface area contributed by atoms with Crippen molar-refractivity contribution in [2.24, 2.45) is 5.92 Å². The van der Waals surface area contributed by atoms with Crippen LogP contribution in [0, 0.1) is 5.92 Å². The summed E-state index contributed by atoms with van der Waals surface area (Å²) in [4.78, 5) is 56.2. The Morgan fingerprint density at radius 1 is 1.27 bits per heavy atom. The fourth-order valence-electron chi connectivity index (χ4n) is 6.61. The number of amides is 3. The fraction of sp³-hybridized carbons (Fsp3) is 0.611. The van der Waals surface area contributed by atoms with E-state index in [2.05, 4.69) is 5.32 Å². The quantitative estimate of drug-likeness (QED) is 0.151. The molecule has 3 heterocycles. The maximum absolute atomic E-state index is 14.1. The van der Waals surface area contributed by atoms with Crippen molar-refractivity contribution < 1.29 is 48.0 Å². The molecule has 3 amide bonds. The zero-order chi connectivity index (χ0) is 38.5. The van der Waals surface area contributed by atoms with E-state index in [-0.39, 0.29) is 30.2 Å². The van der Waals surface area contributed by atoms with Crippen molar-refractivity contribution >= 4 is 62.8 Å². The van der Waals surface area contributed by atoms with Crippen molar-refractivity contribution in [1.82, 2.24) is 10.2 Å². The number of esters is 1. The molecule has 0 spiro atoms. The summed E-state index contributed by atoms with van der Waals surface area (Å²) in [5.74, 6) is -0.916. The van der Waals surface area contributed by atoms with Gasteiger partial charge in [0.25, 0.3) is 0 Å². The number of benzene rings is 1. The average Bonchev–Trinajstić information content (AvgIpc) is 3.80. The molecule has 0 saturated carbocycles. The van der Waals surface area contributed by atoms with Crippen LogP contribution in [0.5, 0.6) is 5.75 Å². The van der Waals surface area contributed by atoms with E-state index in [1.165, 1.54) is 31.1 Å². The van der Waals surface area contributed by atoms with Crippen LogP contribution in [0.25, 0.3) is 0 Å². The van der Waals surface area contributed by atoms with Crippen molar-refractivity contribution in [3.05, 3.63) is 46.5 Å². The molecule has 4 rings (SSSR count). The van der Waals surface area contributed by atoms with Gasteiger partial charge in [-0.05, 0) is 51.1 Å². The number of ether oxygens (including phenoxy) is 5. The molecule has 288 valence electrons. The maximum Gasteiger partial charge on any atom is 0.409 e. The van der Waals surface area contributed by atoms with Gasteiger partial charge in [0.15, 0.2) is 5.72 Å². The minimum Gasteiger partial charge on any atom is -0.495 e. The van der Waals surface area contributed by atoms with E-state index in [4.69, 9.17) is 35.3 Å². The van der Waals surface area contributed by atoms with Gasteiger partial charge >= 0.3 is 12.1 Å². The number of alkyl carbamates (subject to hydrolysis) is 1. The molecule has 2 fully saturated rings. The Kier molecular flexibility index (Phi) is 14.0. The molecule has 8 atom stereocenters. The average molecular weight is 784 g/mol. The first-order valence-corrected chi connectivity index (χ1v) is 20.1. The molecule has 0 unspecified atom stereocenters. The Morgan fingerprint density at radius 3 is 2.63 bits per heavy atom. The molecule has 13 nitrogen and oxygen atoms in total. The van der Waals surface area contributed by atoms with E-state index < -0.39 is 65.7 Å². The van der Waals surface area contributed by atoms with Crippen LogP contribution in [0.4, 0.5) is 10.5 Å². The highest BCUT2D eigenvalue weighted by atomic mass is 35.5. The number of likely N-dealkylation sites (N-methyl/N-ethyl adjacent to an activating group) is 1. The Labute approximate surface area is 318 Å². The third-order valence-electron chi connectivity index (χ3n) is 10.0. The summed E-state index contributed by atoms with van der Waals surface area (Å²) < 4.78 is 29.2. The van der Waals surface area contributed by atoms with Crippen LogP contribution in [0.15, 0.2) is 35.9 Å². The van der Waals surface area contributed by atoms with E-state index in [1.807, 2.05) is 19.3 Å². The third-order valence-corrected chi connectivity index (χ3v) is 12.2. The normalized spacial score (nSPS) is 31.6. The zero-order valence-electron chi connectivity index (χ0n) is 31.1. The largest absolute Gasteiger partial charge is 0.495 e. The van der Waals surface area contributed by atoms with E-state index in [0.717, 1.165) is 11.1 Å². The van der Waals surface area contributed by atoms with Gasteiger partial charge in [-0.15, -0.1) is 0 Å². The number of methoxy groups -OCH3 is 2. The van der Waals surface area contributed by atoms with Gasteiger partial charge in [-0.1, -0.05) is 63.9 Å². The summed E-state index contributed by atoms with van der Waals surface area (Å²) in [6.07, 6.45) is 3.17. The molecule has 52 heavy (non-hydrogen) atoms. The molecule has 1 aromatic rings. The molecule has 2 N–H and O–H groups in total. The summed E-state index contributed by atoms with van der Waals surface area (Å²) in [5.41, 5.74) is -0.884. The molecule has 3 aliphatic heterocycles. The number of aliphatic hydroxyl groups is 1. The van der Waals surface area contributed by atoms with Gasteiger partial charge in [-0.25, -0.2) is 9.59 Å². The van der Waals surface area contributed by atoms with E-state index in [0.29, 0.717) is 23.6 Å². The minimum absolute atomic E-state index is 0.0452. The fourth-order valence-corrected chi connectivity index (χ4v) is 8.09. The highest BCUT2D eigenvalue weighted by Crippen LogP contribution is 2.49. The number of halogens is 1. The molecule has 2 saturated heterocycles. The number of rotatable bonds is 9. The lowest BCUT2D eigenvalue weighted by Crippen LogP contribution is -2.63. The Morgan fingerprint density at radius 2 is 1.98 bits per heavy atom. The predicted molar refractivity (Wildman–Crippen MR) is 202 cm³/mol. The first-order valence-electron chi connectivity index (χ1n) is 17.0. The second-order valence-corrected chi connectivity index (χ2v) is 16.7. The number of carbonyl (C=O) groups is 4. The molecule has 1 aromatic carbocycles. The maximum atomic E-state index is 14.1. The summed E-state index contributed by atoms with van der Waals surface area (Å²) in [5, 5.41) is 14.5. The highest BCUT2D eigenvalue weighted by Gasteiger charge is 2.64. The lowest BCUT2D eigenvalue weighted by molar-refractivity contribution is -0.161. The first kappa shape index (κ1) is 41.8. The number of allylic oxidation sites excluding steroid dienone is 3. The van der Waals surface area contributed by atoms with Crippen molar-refractivity contribution in [2.45, 2.75) is 95.2 Å². The molecular weight excluding hydrogens is 734 g/mol. The standard InChI is InChI=1S/C36H50ClN3O10S2/c1-20-11-10-12-27(47-8)36(45)19-26(48-34(44)38-36)21(2)32-35(4,50-32)28(49-33(43)22(3)39(5)29(41)13-14-52-51-9)18-30(42)40(6)24-16-23(15-20)17-25(46-7)31(24)37/h10-12,16-17,21-22,26-28,32,45H,13-15,18-19H2,1-9H3,(H,38,44)/b12-10+,20-11+/t21-,22+,26+,27-,28+,32-,35+,36+/m1/s1.